The number of hydrogen-bond donors (Lipinski definition) is 2. The molecule has 0 unspecified atom stereocenters. The van der Waals surface area contributed by atoms with E-state index in [0.717, 1.165) is 5.69 Å². The summed E-state index contributed by atoms with van der Waals surface area (Å²) in [6.45, 7) is 7.91. The lowest BCUT2D eigenvalue weighted by atomic mass is 10.2. The molecule has 90 valence electrons. The largest absolute Gasteiger partial charge is 0.459 e. The first-order chi connectivity index (χ1) is 7.38. The van der Waals surface area contributed by atoms with Gasteiger partial charge in [0.15, 0.2) is 0 Å². The van der Waals surface area contributed by atoms with Crippen molar-refractivity contribution in [2.75, 3.05) is 0 Å². The zero-order chi connectivity index (χ0) is 12.2. The zero-order valence-electron chi connectivity index (χ0n) is 10.2. The Kier molecular flexibility index (Phi) is 4.06. The number of nitrogens with zero attached hydrogens (tertiary/aromatic N) is 1. The van der Waals surface area contributed by atoms with Gasteiger partial charge in [0.25, 0.3) is 0 Å². The van der Waals surface area contributed by atoms with Crippen molar-refractivity contribution in [3.63, 3.8) is 0 Å². The van der Waals surface area contributed by atoms with Crippen LogP contribution in [0.3, 0.4) is 0 Å². The molecule has 0 aliphatic rings. The van der Waals surface area contributed by atoms with Crippen LogP contribution in [-0.4, -0.2) is 27.8 Å². The van der Waals surface area contributed by atoms with Crippen LogP contribution < -0.4 is 5.32 Å². The fourth-order valence-corrected chi connectivity index (χ4v) is 1.12. The van der Waals surface area contributed by atoms with Crippen LogP contribution in [0.15, 0.2) is 12.3 Å². The molecular weight excluding hydrogens is 206 g/mol. The summed E-state index contributed by atoms with van der Waals surface area (Å²) < 4.78 is 5.24. The van der Waals surface area contributed by atoms with Gasteiger partial charge in [-0.1, -0.05) is 0 Å². The lowest BCUT2D eigenvalue weighted by Gasteiger charge is -2.22. The van der Waals surface area contributed by atoms with E-state index in [0.29, 0.717) is 6.54 Å². The van der Waals surface area contributed by atoms with E-state index in [9.17, 15) is 4.79 Å². The van der Waals surface area contributed by atoms with Gasteiger partial charge in [-0.15, -0.1) is 0 Å². The van der Waals surface area contributed by atoms with Gasteiger partial charge in [0.1, 0.15) is 11.6 Å². The van der Waals surface area contributed by atoms with Gasteiger partial charge >= 0.3 is 5.97 Å². The number of carbonyl (C=O) groups excluding carboxylic acids is 1. The number of hydrogen-bond acceptors (Lipinski definition) is 4. The van der Waals surface area contributed by atoms with Crippen LogP contribution >= 0.6 is 0 Å². The third-order valence-electron chi connectivity index (χ3n) is 1.92. The summed E-state index contributed by atoms with van der Waals surface area (Å²) in [7, 11) is 0. The molecule has 0 aliphatic carbocycles. The summed E-state index contributed by atoms with van der Waals surface area (Å²) >= 11 is 0. The predicted molar refractivity (Wildman–Crippen MR) is 60.7 cm³/mol. The molecule has 1 aromatic heterocycles. The molecule has 1 aromatic rings. The van der Waals surface area contributed by atoms with E-state index in [-0.39, 0.29) is 12.0 Å². The summed E-state index contributed by atoms with van der Waals surface area (Å²) in [5.41, 5.74) is 0.497. The molecular formula is C11H19N3O2. The average molecular weight is 225 g/mol. The molecule has 0 amide bonds. The topological polar surface area (TPSA) is 67.0 Å². The summed E-state index contributed by atoms with van der Waals surface area (Å²) in [5.74, 6) is -0.244. The van der Waals surface area contributed by atoms with Crippen molar-refractivity contribution in [2.45, 2.75) is 45.9 Å². The molecule has 1 rings (SSSR count). The first-order valence-electron chi connectivity index (χ1n) is 5.33. The minimum absolute atomic E-state index is 0.244. The molecule has 0 fully saturated rings. The fourth-order valence-electron chi connectivity index (χ4n) is 1.12. The molecule has 0 spiro atoms. The summed E-state index contributed by atoms with van der Waals surface area (Å²) in [6.07, 6.45) is 1.68. The Hall–Kier alpha value is -1.36. The third kappa shape index (κ3) is 4.44. The number of ether oxygens (including phenoxy) is 1. The van der Waals surface area contributed by atoms with Gasteiger partial charge in [0.05, 0.1) is 0 Å². The highest BCUT2D eigenvalue weighted by Crippen LogP contribution is 2.08. The van der Waals surface area contributed by atoms with Crippen molar-refractivity contribution < 1.29 is 9.53 Å². The highest BCUT2D eigenvalue weighted by atomic mass is 16.6. The zero-order valence-corrected chi connectivity index (χ0v) is 10.2. The number of carbonyl (C=O) groups is 1. The lowest BCUT2D eigenvalue weighted by molar-refractivity contribution is -0.157. The number of rotatable bonds is 4. The van der Waals surface area contributed by atoms with Gasteiger partial charge in [-0.3, -0.25) is 15.2 Å². The summed E-state index contributed by atoms with van der Waals surface area (Å²) in [5, 5.41) is 9.70. The Morgan fingerprint density at radius 1 is 1.62 bits per heavy atom. The molecule has 2 N–H and O–H groups in total. The lowest BCUT2D eigenvalue weighted by Crippen LogP contribution is -2.38. The maximum absolute atomic E-state index is 11.6. The van der Waals surface area contributed by atoms with E-state index in [2.05, 4.69) is 15.5 Å². The van der Waals surface area contributed by atoms with Crippen molar-refractivity contribution in [1.29, 1.82) is 0 Å². The quantitative estimate of drug-likeness (QED) is 0.756. The SMILES string of the molecule is C[C@H](NCc1ccn[nH]1)C(=O)OC(C)(C)C. The molecule has 16 heavy (non-hydrogen) atoms. The van der Waals surface area contributed by atoms with Gasteiger partial charge in [-0.2, -0.15) is 5.10 Å². The van der Waals surface area contributed by atoms with Crippen molar-refractivity contribution >= 4 is 5.97 Å². The van der Waals surface area contributed by atoms with E-state index in [1.807, 2.05) is 26.8 Å². The van der Waals surface area contributed by atoms with Crippen LogP contribution in [0.4, 0.5) is 0 Å². The molecule has 0 aliphatic heterocycles. The summed E-state index contributed by atoms with van der Waals surface area (Å²) in [4.78, 5) is 11.6. The molecule has 0 saturated heterocycles. The van der Waals surface area contributed by atoms with Crippen LogP contribution in [0.25, 0.3) is 0 Å². The van der Waals surface area contributed by atoms with Gasteiger partial charge in [-0.05, 0) is 33.8 Å². The molecule has 0 aromatic carbocycles. The van der Waals surface area contributed by atoms with E-state index in [1.54, 1.807) is 13.1 Å². The first-order valence-corrected chi connectivity index (χ1v) is 5.33. The minimum atomic E-state index is -0.443. The maximum atomic E-state index is 11.6. The van der Waals surface area contributed by atoms with Gasteiger partial charge in [-0.25, -0.2) is 0 Å². The van der Waals surface area contributed by atoms with E-state index < -0.39 is 5.60 Å². The van der Waals surface area contributed by atoms with Crippen molar-refractivity contribution in [2.24, 2.45) is 0 Å². The van der Waals surface area contributed by atoms with E-state index in [1.165, 1.54) is 0 Å². The van der Waals surface area contributed by atoms with Gasteiger partial charge < -0.3 is 4.74 Å². The Morgan fingerprint density at radius 3 is 2.81 bits per heavy atom. The highest BCUT2D eigenvalue weighted by Gasteiger charge is 2.21. The van der Waals surface area contributed by atoms with Crippen LogP contribution in [0.2, 0.25) is 0 Å². The van der Waals surface area contributed by atoms with Crippen LogP contribution in [0.1, 0.15) is 33.4 Å². The smallest absolute Gasteiger partial charge is 0.323 e. The normalized spacial score (nSPS) is 13.5. The predicted octanol–water partition coefficient (Wildman–Crippen LogP) is 1.23. The Morgan fingerprint density at radius 2 is 2.31 bits per heavy atom. The molecule has 1 heterocycles. The minimum Gasteiger partial charge on any atom is -0.459 e. The van der Waals surface area contributed by atoms with Crippen molar-refractivity contribution in [1.82, 2.24) is 15.5 Å². The van der Waals surface area contributed by atoms with Crippen LogP contribution in [-0.2, 0) is 16.1 Å². The van der Waals surface area contributed by atoms with Crippen LogP contribution in [0, 0.1) is 0 Å². The second-order valence-electron chi connectivity index (χ2n) is 4.72. The van der Waals surface area contributed by atoms with Crippen LogP contribution in [0.5, 0.6) is 0 Å². The Labute approximate surface area is 95.6 Å². The highest BCUT2D eigenvalue weighted by molar-refractivity contribution is 5.75. The Bertz CT molecular complexity index is 327. The number of aromatic amines is 1. The second kappa shape index (κ2) is 5.12. The molecule has 0 radical (unpaired) electrons. The molecule has 0 saturated carbocycles. The molecule has 5 nitrogen and oxygen atoms in total. The Balaban J connectivity index is 2.35. The summed E-state index contributed by atoms with van der Waals surface area (Å²) in [6, 6.07) is 1.52. The van der Waals surface area contributed by atoms with Gasteiger partial charge in [0.2, 0.25) is 0 Å². The maximum Gasteiger partial charge on any atom is 0.323 e. The second-order valence-corrected chi connectivity index (χ2v) is 4.72. The van der Waals surface area contributed by atoms with E-state index in [4.69, 9.17) is 4.74 Å². The molecule has 1 atom stereocenters. The molecule has 5 heteroatoms. The molecule has 0 bridgehead atoms. The number of esters is 1. The van der Waals surface area contributed by atoms with Crippen molar-refractivity contribution in [3.8, 4) is 0 Å². The fraction of sp³-hybridized carbons (Fsp3) is 0.636. The number of aromatic nitrogens is 2. The van der Waals surface area contributed by atoms with Crippen molar-refractivity contribution in [3.05, 3.63) is 18.0 Å². The van der Waals surface area contributed by atoms with Gasteiger partial charge in [0, 0.05) is 18.4 Å². The first kappa shape index (κ1) is 12.7. The van der Waals surface area contributed by atoms with E-state index >= 15 is 0 Å². The third-order valence-corrected chi connectivity index (χ3v) is 1.92. The number of H-pyrrole nitrogens is 1. The standard InChI is InChI=1S/C11H19N3O2/c1-8(10(15)16-11(2,3)4)12-7-9-5-6-13-14-9/h5-6,8,12H,7H2,1-4H3,(H,13,14)/t8-/m0/s1. The average Bonchev–Trinajstić information content (AvgIpc) is 2.63. The monoisotopic (exact) mass is 225 g/mol. The number of nitrogens with one attached hydrogen (secondary N) is 2.